The van der Waals surface area contributed by atoms with E-state index in [2.05, 4.69) is 0 Å². The van der Waals surface area contributed by atoms with Gasteiger partial charge in [-0.2, -0.15) is 0 Å². The van der Waals surface area contributed by atoms with E-state index in [4.69, 9.17) is 21.1 Å². The van der Waals surface area contributed by atoms with Gasteiger partial charge in [0.25, 0.3) is 5.24 Å². The maximum absolute atomic E-state index is 11.1. The molecule has 0 bridgehead atoms. The first-order chi connectivity index (χ1) is 7.54. The number of rotatable bonds is 4. The van der Waals surface area contributed by atoms with Gasteiger partial charge in [0.05, 0.1) is 7.11 Å². The molecular formula is C11H11ClO4. The lowest BCUT2D eigenvalue weighted by molar-refractivity contribution is -0.150. The van der Waals surface area contributed by atoms with Crippen LogP contribution in [0.5, 0.6) is 5.75 Å². The van der Waals surface area contributed by atoms with Crippen molar-refractivity contribution in [2.45, 2.75) is 13.0 Å². The minimum atomic E-state index is -1.06. The fourth-order valence-corrected chi connectivity index (χ4v) is 1.36. The molecule has 1 unspecified atom stereocenters. The summed E-state index contributed by atoms with van der Waals surface area (Å²) in [5.74, 6) is 0.0853. The normalized spacial score (nSPS) is 11.7. The van der Waals surface area contributed by atoms with Gasteiger partial charge in [0.2, 0.25) is 6.10 Å². The third-order valence-electron chi connectivity index (χ3n) is 1.91. The Bertz CT molecular complexity index is 385. The highest BCUT2D eigenvalue weighted by Gasteiger charge is 2.21. The molecule has 0 heterocycles. The van der Waals surface area contributed by atoms with E-state index < -0.39 is 17.3 Å². The van der Waals surface area contributed by atoms with Crippen LogP contribution in [-0.2, 0) is 14.3 Å². The second kappa shape index (κ2) is 5.51. The zero-order valence-corrected chi connectivity index (χ0v) is 9.65. The highest BCUT2D eigenvalue weighted by molar-refractivity contribution is 6.64. The molecule has 0 saturated carbocycles. The second-order valence-corrected chi connectivity index (χ2v) is 3.44. The highest BCUT2D eigenvalue weighted by Crippen LogP contribution is 2.22. The van der Waals surface area contributed by atoms with E-state index >= 15 is 0 Å². The monoisotopic (exact) mass is 242 g/mol. The molecule has 0 N–H and O–H groups in total. The van der Waals surface area contributed by atoms with E-state index in [0.29, 0.717) is 11.3 Å². The van der Waals surface area contributed by atoms with E-state index in [1.165, 1.54) is 14.0 Å². The molecule has 0 spiro atoms. The lowest BCUT2D eigenvalue weighted by Gasteiger charge is -2.13. The molecule has 0 radical (unpaired) electrons. The number of carbonyl (C=O) groups excluding carboxylic acids is 2. The molecular weight excluding hydrogens is 232 g/mol. The largest absolute Gasteiger partial charge is 0.497 e. The average Bonchev–Trinajstić information content (AvgIpc) is 2.25. The van der Waals surface area contributed by atoms with Crippen molar-refractivity contribution in [2.24, 2.45) is 0 Å². The van der Waals surface area contributed by atoms with Gasteiger partial charge in [0.15, 0.2) is 0 Å². The lowest BCUT2D eigenvalue weighted by atomic mass is 10.1. The minimum absolute atomic E-state index is 0.510. The molecule has 1 aromatic rings. The standard InChI is InChI=1S/C11H11ClO4/c1-7(13)16-10(11(12)14)8-3-5-9(15-2)6-4-8/h3-6,10H,1-2H3. The summed E-state index contributed by atoms with van der Waals surface area (Å²) in [7, 11) is 1.53. The molecule has 0 aromatic heterocycles. The van der Waals surface area contributed by atoms with Crippen LogP contribution in [-0.4, -0.2) is 18.3 Å². The van der Waals surface area contributed by atoms with Crippen LogP contribution < -0.4 is 4.74 Å². The summed E-state index contributed by atoms with van der Waals surface area (Å²) in [6, 6.07) is 6.55. The number of hydrogen-bond donors (Lipinski definition) is 0. The van der Waals surface area contributed by atoms with Crippen molar-refractivity contribution in [1.29, 1.82) is 0 Å². The van der Waals surface area contributed by atoms with Crippen molar-refractivity contribution >= 4 is 22.8 Å². The van der Waals surface area contributed by atoms with E-state index in [1.807, 2.05) is 0 Å². The van der Waals surface area contributed by atoms with Crippen LogP contribution >= 0.6 is 11.6 Å². The first-order valence-corrected chi connectivity index (χ1v) is 4.93. The molecule has 4 nitrogen and oxygen atoms in total. The molecule has 1 aromatic carbocycles. The lowest BCUT2D eigenvalue weighted by Crippen LogP contribution is -2.14. The van der Waals surface area contributed by atoms with Gasteiger partial charge >= 0.3 is 5.97 Å². The zero-order chi connectivity index (χ0) is 12.1. The summed E-state index contributed by atoms with van der Waals surface area (Å²) >= 11 is 5.35. The Labute approximate surface area is 98.1 Å². The summed E-state index contributed by atoms with van der Waals surface area (Å²) in [5.41, 5.74) is 0.510. The van der Waals surface area contributed by atoms with Crippen molar-refractivity contribution in [3.63, 3.8) is 0 Å². The predicted octanol–water partition coefficient (Wildman–Crippen LogP) is 2.06. The topological polar surface area (TPSA) is 52.6 Å². The number of ether oxygens (including phenoxy) is 2. The van der Waals surface area contributed by atoms with Crippen molar-refractivity contribution < 1.29 is 19.1 Å². The minimum Gasteiger partial charge on any atom is -0.497 e. The Kier molecular flexibility index (Phi) is 4.31. The van der Waals surface area contributed by atoms with Gasteiger partial charge in [-0.1, -0.05) is 12.1 Å². The van der Waals surface area contributed by atoms with E-state index in [9.17, 15) is 9.59 Å². The molecule has 16 heavy (non-hydrogen) atoms. The Morgan fingerprint density at radius 1 is 1.25 bits per heavy atom. The Balaban J connectivity index is 2.92. The van der Waals surface area contributed by atoms with Gasteiger partial charge in [0.1, 0.15) is 5.75 Å². The molecule has 0 saturated heterocycles. The summed E-state index contributed by atoms with van der Waals surface area (Å²) in [6.45, 7) is 1.22. The summed E-state index contributed by atoms with van der Waals surface area (Å²) in [6.07, 6.45) is -1.06. The number of halogens is 1. The van der Waals surface area contributed by atoms with Crippen LogP contribution in [0.2, 0.25) is 0 Å². The van der Waals surface area contributed by atoms with Crippen molar-refractivity contribution in [3.8, 4) is 5.75 Å². The highest BCUT2D eigenvalue weighted by atomic mass is 35.5. The quantitative estimate of drug-likeness (QED) is 0.599. The summed E-state index contributed by atoms with van der Waals surface area (Å²) in [4.78, 5) is 21.9. The van der Waals surface area contributed by atoms with Crippen LogP contribution in [0.1, 0.15) is 18.6 Å². The Morgan fingerprint density at radius 2 is 1.81 bits per heavy atom. The number of hydrogen-bond acceptors (Lipinski definition) is 4. The fourth-order valence-electron chi connectivity index (χ4n) is 1.19. The maximum Gasteiger partial charge on any atom is 0.303 e. The second-order valence-electron chi connectivity index (χ2n) is 3.07. The first-order valence-electron chi connectivity index (χ1n) is 4.55. The average molecular weight is 243 g/mol. The zero-order valence-electron chi connectivity index (χ0n) is 8.90. The van der Waals surface area contributed by atoms with Gasteiger partial charge in [-0.15, -0.1) is 0 Å². The Morgan fingerprint density at radius 3 is 2.19 bits per heavy atom. The number of methoxy groups -OCH3 is 1. The Hall–Kier alpha value is -1.55. The number of carbonyl (C=O) groups is 2. The molecule has 0 aliphatic carbocycles. The summed E-state index contributed by atoms with van der Waals surface area (Å²) in [5, 5.41) is -0.736. The van der Waals surface area contributed by atoms with Gasteiger partial charge in [-0.05, 0) is 23.7 Å². The van der Waals surface area contributed by atoms with Gasteiger partial charge in [0, 0.05) is 12.5 Å². The maximum atomic E-state index is 11.1. The molecule has 0 amide bonds. The third kappa shape index (κ3) is 3.24. The van der Waals surface area contributed by atoms with Gasteiger partial charge < -0.3 is 9.47 Å². The molecule has 0 aliphatic rings. The van der Waals surface area contributed by atoms with Crippen LogP contribution in [0.3, 0.4) is 0 Å². The van der Waals surface area contributed by atoms with Crippen molar-refractivity contribution in [2.75, 3.05) is 7.11 Å². The van der Waals surface area contributed by atoms with Crippen molar-refractivity contribution in [3.05, 3.63) is 29.8 Å². The van der Waals surface area contributed by atoms with Gasteiger partial charge in [-0.3, -0.25) is 9.59 Å². The third-order valence-corrected chi connectivity index (χ3v) is 2.11. The van der Waals surface area contributed by atoms with Crippen LogP contribution in [0.25, 0.3) is 0 Å². The summed E-state index contributed by atoms with van der Waals surface area (Å²) < 4.78 is 9.77. The molecule has 1 atom stereocenters. The smallest absolute Gasteiger partial charge is 0.303 e. The van der Waals surface area contributed by atoms with Crippen LogP contribution in [0.15, 0.2) is 24.3 Å². The molecule has 86 valence electrons. The molecule has 1 rings (SSSR count). The van der Waals surface area contributed by atoms with E-state index in [0.717, 1.165) is 0 Å². The fraction of sp³-hybridized carbons (Fsp3) is 0.273. The number of esters is 1. The van der Waals surface area contributed by atoms with Crippen LogP contribution in [0, 0.1) is 0 Å². The van der Waals surface area contributed by atoms with Gasteiger partial charge in [-0.25, -0.2) is 0 Å². The van der Waals surface area contributed by atoms with Crippen LogP contribution in [0.4, 0.5) is 0 Å². The predicted molar refractivity (Wildman–Crippen MR) is 58.4 cm³/mol. The van der Waals surface area contributed by atoms with E-state index in [-0.39, 0.29) is 0 Å². The molecule has 0 aliphatic heterocycles. The number of benzene rings is 1. The van der Waals surface area contributed by atoms with E-state index in [1.54, 1.807) is 24.3 Å². The molecule has 5 heteroatoms. The SMILES string of the molecule is COc1ccc(C(OC(C)=O)C(=O)Cl)cc1. The van der Waals surface area contributed by atoms with Crippen molar-refractivity contribution in [1.82, 2.24) is 0 Å². The molecule has 0 fully saturated rings. The first kappa shape index (κ1) is 12.5.